The Hall–Kier alpha value is -4.27. The molecule has 1 aliphatic rings. The maximum atomic E-state index is 13.4. The van der Waals surface area contributed by atoms with E-state index in [1.54, 1.807) is 25.7 Å². The van der Waals surface area contributed by atoms with Gasteiger partial charge in [-0.3, -0.25) is 24.1 Å². The van der Waals surface area contributed by atoms with Gasteiger partial charge in [-0.05, 0) is 65.0 Å². The van der Waals surface area contributed by atoms with Crippen LogP contribution >= 0.6 is 0 Å². The smallest absolute Gasteiger partial charge is 0.262 e. The third-order valence-electron chi connectivity index (χ3n) is 6.10. The van der Waals surface area contributed by atoms with E-state index in [1.165, 1.54) is 34.0 Å². The Morgan fingerprint density at radius 2 is 1.58 bits per heavy atom. The number of benzene rings is 2. The molecule has 4 amide bonds. The lowest BCUT2D eigenvalue weighted by Crippen LogP contribution is -2.45. The molecule has 4 rings (SSSR count). The summed E-state index contributed by atoms with van der Waals surface area (Å²) < 4.78 is 1.50. The molecule has 3 aromatic rings. The normalized spacial score (nSPS) is 13.1. The molecule has 0 spiro atoms. The Kier molecular flexibility index (Phi) is 6.49. The van der Waals surface area contributed by atoms with Crippen LogP contribution in [0.3, 0.4) is 0 Å². The minimum Gasteiger partial charge on any atom is -0.339 e. The second-order valence-corrected chi connectivity index (χ2v) is 9.46. The number of nitrogens with one attached hydrogen (secondary N) is 1. The molecule has 0 bridgehead atoms. The van der Waals surface area contributed by atoms with Crippen LogP contribution in [0.25, 0.3) is 5.69 Å². The van der Waals surface area contributed by atoms with Gasteiger partial charge in [0.2, 0.25) is 0 Å². The van der Waals surface area contributed by atoms with Crippen molar-refractivity contribution < 1.29 is 19.2 Å². The summed E-state index contributed by atoms with van der Waals surface area (Å²) in [6.07, 6.45) is 1.44. The second-order valence-electron chi connectivity index (χ2n) is 9.46. The first kappa shape index (κ1) is 24.8. The van der Waals surface area contributed by atoms with Gasteiger partial charge in [0.1, 0.15) is 11.4 Å². The van der Waals surface area contributed by atoms with Crippen molar-refractivity contribution in [3.05, 3.63) is 77.0 Å². The molecule has 0 saturated heterocycles. The standard InChI is InChI=1S/C27H29N5O4/c1-6-30(7-2)24(34)21-16-28-32(18-11-9-8-10-12-18)22(21)29-23(33)17-13-14-19-20(15-17)26(36)31(25(19)35)27(3,4)5/h8-16H,6-7H2,1-5H3,(H,29,33). The Morgan fingerprint density at radius 3 is 2.19 bits per heavy atom. The van der Waals surface area contributed by atoms with E-state index in [1.807, 2.05) is 44.2 Å². The minimum atomic E-state index is -0.697. The van der Waals surface area contributed by atoms with E-state index in [-0.39, 0.29) is 39.9 Å². The van der Waals surface area contributed by atoms with Gasteiger partial charge in [-0.15, -0.1) is 0 Å². The van der Waals surface area contributed by atoms with Crippen molar-refractivity contribution in [2.24, 2.45) is 0 Å². The molecule has 9 heteroatoms. The Balaban J connectivity index is 1.72. The Bertz CT molecular complexity index is 1350. The summed E-state index contributed by atoms with van der Waals surface area (Å²) >= 11 is 0. The highest BCUT2D eigenvalue weighted by Crippen LogP contribution is 2.30. The number of imide groups is 1. The zero-order valence-electron chi connectivity index (χ0n) is 21.0. The number of hydrogen-bond acceptors (Lipinski definition) is 5. The third-order valence-corrected chi connectivity index (χ3v) is 6.10. The van der Waals surface area contributed by atoms with Gasteiger partial charge in [-0.2, -0.15) is 5.10 Å². The number of hydrogen-bond donors (Lipinski definition) is 1. The summed E-state index contributed by atoms with van der Waals surface area (Å²) in [5.74, 6) is -1.39. The molecule has 0 aliphatic carbocycles. The highest BCUT2D eigenvalue weighted by Gasteiger charge is 2.42. The number of para-hydroxylation sites is 1. The van der Waals surface area contributed by atoms with Crippen molar-refractivity contribution in [3.8, 4) is 5.69 Å². The molecule has 186 valence electrons. The Morgan fingerprint density at radius 1 is 0.944 bits per heavy atom. The van der Waals surface area contributed by atoms with Crippen molar-refractivity contribution in [1.29, 1.82) is 0 Å². The fraction of sp³-hybridized carbons (Fsp3) is 0.296. The van der Waals surface area contributed by atoms with Crippen LogP contribution in [0.5, 0.6) is 0 Å². The van der Waals surface area contributed by atoms with Gasteiger partial charge in [0.15, 0.2) is 0 Å². The average Bonchev–Trinajstić information content (AvgIpc) is 3.38. The van der Waals surface area contributed by atoms with Crippen LogP contribution in [0.1, 0.15) is 76.1 Å². The van der Waals surface area contributed by atoms with Crippen LogP contribution in [0, 0.1) is 0 Å². The number of fused-ring (bicyclic) bond motifs is 1. The fourth-order valence-electron chi connectivity index (χ4n) is 4.24. The van der Waals surface area contributed by atoms with Gasteiger partial charge in [-0.25, -0.2) is 4.68 Å². The molecule has 0 saturated carbocycles. The number of anilines is 1. The fourth-order valence-corrected chi connectivity index (χ4v) is 4.24. The molecule has 2 aromatic carbocycles. The minimum absolute atomic E-state index is 0.179. The Labute approximate surface area is 209 Å². The first-order chi connectivity index (χ1) is 17.1. The van der Waals surface area contributed by atoms with E-state index in [0.717, 1.165) is 0 Å². The molecule has 9 nitrogen and oxygen atoms in total. The molecule has 0 fully saturated rings. The number of aromatic nitrogens is 2. The summed E-state index contributed by atoms with van der Waals surface area (Å²) in [5, 5.41) is 7.19. The quantitative estimate of drug-likeness (QED) is 0.529. The molecular formula is C27H29N5O4. The number of nitrogens with zero attached hydrogens (tertiary/aromatic N) is 4. The summed E-state index contributed by atoms with van der Waals surface area (Å²) in [4.78, 5) is 55.1. The van der Waals surface area contributed by atoms with E-state index in [4.69, 9.17) is 0 Å². The topological polar surface area (TPSA) is 105 Å². The highest BCUT2D eigenvalue weighted by atomic mass is 16.2. The van der Waals surface area contributed by atoms with E-state index < -0.39 is 17.4 Å². The lowest BCUT2D eigenvalue weighted by molar-refractivity contribution is 0.0507. The average molecular weight is 488 g/mol. The predicted octanol–water partition coefficient (Wildman–Crippen LogP) is 4.00. The van der Waals surface area contributed by atoms with Crippen LogP contribution < -0.4 is 5.32 Å². The van der Waals surface area contributed by atoms with Gasteiger partial charge in [0.25, 0.3) is 23.6 Å². The number of rotatable bonds is 6. The van der Waals surface area contributed by atoms with Crippen LogP contribution in [0.15, 0.2) is 54.7 Å². The maximum absolute atomic E-state index is 13.4. The van der Waals surface area contributed by atoms with Crippen molar-refractivity contribution in [3.63, 3.8) is 0 Å². The number of carbonyl (C=O) groups is 4. The van der Waals surface area contributed by atoms with Crippen molar-refractivity contribution >= 4 is 29.4 Å². The van der Waals surface area contributed by atoms with E-state index in [9.17, 15) is 19.2 Å². The first-order valence-corrected chi connectivity index (χ1v) is 11.9. The van der Waals surface area contributed by atoms with E-state index in [0.29, 0.717) is 18.8 Å². The lowest BCUT2D eigenvalue weighted by atomic mass is 10.1. The molecule has 1 aliphatic heterocycles. The predicted molar refractivity (Wildman–Crippen MR) is 135 cm³/mol. The van der Waals surface area contributed by atoms with Crippen LogP contribution in [-0.4, -0.2) is 61.8 Å². The van der Waals surface area contributed by atoms with Crippen molar-refractivity contribution in [1.82, 2.24) is 19.6 Å². The highest BCUT2D eigenvalue weighted by molar-refractivity contribution is 6.22. The van der Waals surface area contributed by atoms with E-state index in [2.05, 4.69) is 10.4 Å². The first-order valence-electron chi connectivity index (χ1n) is 11.9. The molecule has 1 aromatic heterocycles. The maximum Gasteiger partial charge on any atom is 0.262 e. The molecule has 0 atom stereocenters. The lowest BCUT2D eigenvalue weighted by Gasteiger charge is -2.29. The van der Waals surface area contributed by atoms with Gasteiger partial charge in [0, 0.05) is 24.2 Å². The van der Waals surface area contributed by atoms with Crippen molar-refractivity contribution in [2.75, 3.05) is 18.4 Å². The summed E-state index contributed by atoms with van der Waals surface area (Å²) in [7, 11) is 0. The summed E-state index contributed by atoms with van der Waals surface area (Å²) in [6.45, 7) is 10.1. The molecule has 1 N–H and O–H groups in total. The third kappa shape index (κ3) is 4.28. The largest absolute Gasteiger partial charge is 0.339 e. The van der Waals surface area contributed by atoms with Gasteiger partial charge in [0.05, 0.1) is 23.0 Å². The molecule has 0 unspecified atom stereocenters. The summed E-state index contributed by atoms with van der Waals surface area (Å²) in [5.41, 5.74) is 0.853. The summed E-state index contributed by atoms with van der Waals surface area (Å²) in [6, 6.07) is 13.6. The molecule has 36 heavy (non-hydrogen) atoms. The van der Waals surface area contributed by atoms with Crippen LogP contribution in [-0.2, 0) is 0 Å². The zero-order chi connectivity index (χ0) is 26.2. The number of carbonyl (C=O) groups excluding carboxylic acids is 4. The SMILES string of the molecule is CCN(CC)C(=O)c1cnn(-c2ccccc2)c1NC(=O)c1ccc2c(c1)C(=O)N(C(C)(C)C)C2=O. The molecular weight excluding hydrogens is 458 g/mol. The van der Waals surface area contributed by atoms with Crippen LogP contribution in [0.2, 0.25) is 0 Å². The van der Waals surface area contributed by atoms with Gasteiger partial charge < -0.3 is 10.2 Å². The van der Waals surface area contributed by atoms with Crippen LogP contribution in [0.4, 0.5) is 5.82 Å². The van der Waals surface area contributed by atoms with Gasteiger partial charge >= 0.3 is 0 Å². The monoisotopic (exact) mass is 487 g/mol. The van der Waals surface area contributed by atoms with Crippen molar-refractivity contribution in [2.45, 2.75) is 40.2 Å². The second kappa shape index (κ2) is 9.41. The van der Waals surface area contributed by atoms with Gasteiger partial charge in [-0.1, -0.05) is 18.2 Å². The number of amides is 4. The zero-order valence-corrected chi connectivity index (χ0v) is 21.0. The molecule has 0 radical (unpaired) electrons. The van der Waals surface area contributed by atoms with E-state index >= 15 is 0 Å². The molecule has 2 heterocycles.